The first-order valence-electron chi connectivity index (χ1n) is 7.31. The molecule has 2 nitrogen and oxygen atoms in total. The van der Waals surface area contributed by atoms with Crippen LogP contribution in [0.2, 0.25) is 0 Å². The molecule has 0 saturated carbocycles. The van der Waals surface area contributed by atoms with Crippen LogP contribution in [0.1, 0.15) is 30.4 Å². The van der Waals surface area contributed by atoms with Crippen molar-refractivity contribution in [1.82, 2.24) is 4.90 Å². The van der Waals surface area contributed by atoms with Gasteiger partial charge in [-0.25, -0.2) is 0 Å². The lowest BCUT2D eigenvalue weighted by Crippen LogP contribution is -2.55. The summed E-state index contributed by atoms with van der Waals surface area (Å²) in [6.07, 6.45) is 4.21. The van der Waals surface area contributed by atoms with Crippen LogP contribution in [-0.4, -0.2) is 37.1 Å². The number of rotatable bonds is 1. The Morgan fingerprint density at radius 3 is 2.83 bits per heavy atom. The number of aryl methyl sites for hydroxylation is 1. The largest absolute Gasteiger partial charge is 0.368 e. The monoisotopic (exact) mass is 244 g/mol. The van der Waals surface area contributed by atoms with E-state index in [9.17, 15) is 0 Å². The first-order chi connectivity index (χ1) is 8.75. The summed E-state index contributed by atoms with van der Waals surface area (Å²) >= 11 is 0. The Morgan fingerprint density at radius 2 is 1.94 bits per heavy atom. The molecular weight excluding hydrogens is 220 g/mol. The molecule has 2 aliphatic heterocycles. The molecular formula is C16H24N2. The number of hydrogen-bond acceptors (Lipinski definition) is 2. The molecule has 0 N–H and O–H groups in total. The number of anilines is 1. The van der Waals surface area contributed by atoms with E-state index >= 15 is 0 Å². The maximum absolute atomic E-state index is 2.70. The van der Waals surface area contributed by atoms with Crippen molar-refractivity contribution in [3.05, 3.63) is 29.3 Å². The van der Waals surface area contributed by atoms with Crippen LogP contribution in [0, 0.1) is 13.8 Å². The summed E-state index contributed by atoms with van der Waals surface area (Å²) < 4.78 is 0. The molecule has 2 heteroatoms. The number of nitrogens with zero attached hydrogens (tertiary/aromatic N) is 2. The third kappa shape index (κ3) is 2.14. The van der Waals surface area contributed by atoms with Crippen LogP contribution in [0.5, 0.6) is 0 Å². The average Bonchev–Trinajstić information content (AvgIpc) is 2.41. The van der Waals surface area contributed by atoms with Gasteiger partial charge in [-0.15, -0.1) is 0 Å². The minimum atomic E-state index is 0.799. The van der Waals surface area contributed by atoms with Crippen LogP contribution < -0.4 is 4.90 Å². The molecule has 1 aromatic carbocycles. The van der Waals surface area contributed by atoms with E-state index in [0.717, 1.165) is 6.04 Å². The summed E-state index contributed by atoms with van der Waals surface area (Å²) in [7, 11) is 0. The first kappa shape index (κ1) is 12.0. The topological polar surface area (TPSA) is 6.48 Å². The van der Waals surface area contributed by atoms with Crippen LogP contribution in [0.4, 0.5) is 5.69 Å². The van der Waals surface area contributed by atoms with E-state index in [2.05, 4.69) is 41.8 Å². The summed E-state index contributed by atoms with van der Waals surface area (Å²) in [5.41, 5.74) is 4.33. The van der Waals surface area contributed by atoms with Gasteiger partial charge in [0.15, 0.2) is 0 Å². The number of piperazine rings is 1. The van der Waals surface area contributed by atoms with Crippen molar-refractivity contribution >= 4 is 5.69 Å². The number of benzene rings is 1. The standard InChI is InChI=1S/C16H24N2/c1-13-6-5-8-16(14(13)2)18-11-10-17-9-4-3-7-15(17)12-18/h5-6,8,15H,3-4,7,9-12H2,1-2H3. The normalized spacial score (nSPS) is 25.0. The number of hydrogen-bond donors (Lipinski definition) is 0. The van der Waals surface area contributed by atoms with Crippen LogP contribution in [0.15, 0.2) is 18.2 Å². The van der Waals surface area contributed by atoms with Gasteiger partial charge in [0.25, 0.3) is 0 Å². The molecule has 0 radical (unpaired) electrons. The second-order valence-electron chi connectivity index (χ2n) is 5.85. The van der Waals surface area contributed by atoms with E-state index < -0.39 is 0 Å². The van der Waals surface area contributed by atoms with E-state index in [-0.39, 0.29) is 0 Å². The van der Waals surface area contributed by atoms with E-state index in [0.29, 0.717) is 0 Å². The van der Waals surface area contributed by atoms with Gasteiger partial charge in [-0.2, -0.15) is 0 Å². The van der Waals surface area contributed by atoms with Gasteiger partial charge < -0.3 is 4.90 Å². The highest BCUT2D eigenvalue weighted by molar-refractivity contribution is 5.56. The van der Waals surface area contributed by atoms with Crippen molar-refractivity contribution in [3.8, 4) is 0 Å². The van der Waals surface area contributed by atoms with Crippen molar-refractivity contribution in [2.45, 2.75) is 39.2 Å². The van der Waals surface area contributed by atoms with Crippen molar-refractivity contribution in [3.63, 3.8) is 0 Å². The Hall–Kier alpha value is -1.02. The number of piperidine rings is 1. The molecule has 1 atom stereocenters. The van der Waals surface area contributed by atoms with Gasteiger partial charge in [-0.05, 0) is 50.4 Å². The molecule has 1 unspecified atom stereocenters. The summed E-state index contributed by atoms with van der Waals surface area (Å²) in [6, 6.07) is 7.51. The highest BCUT2D eigenvalue weighted by Gasteiger charge is 2.29. The van der Waals surface area contributed by atoms with Crippen LogP contribution in [0.3, 0.4) is 0 Å². The molecule has 2 saturated heterocycles. The Morgan fingerprint density at radius 1 is 1.06 bits per heavy atom. The third-order valence-electron chi connectivity index (χ3n) is 4.75. The van der Waals surface area contributed by atoms with Crippen molar-refractivity contribution in [2.24, 2.45) is 0 Å². The highest BCUT2D eigenvalue weighted by Crippen LogP contribution is 2.28. The van der Waals surface area contributed by atoms with Gasteiger partial charge in [0.05, 0.1) is 0 Å². The minimum absolute atomic E-state index is 0.799. The molecule has 0 bridgehead atoms. The maximum atomic E-state index is 2.70. The molecule has 0 amide bonds. The van der Waals surface area contributed by atoms with E-state index in [1.807, 2.05) is 0 Å². The smallest absolute Gasteiger partial charge is 0.0399 e. The van der Waals surface area contributed by atoms with E-state index in [1.165, 1.54) is 62.3 Å². The Bertz CT molecular complexity index is 427. The zero-order valence-corrected chi connectivity index (χ0v) is 11.7. The lowest BCUT2D eigenvalue weighted by atomic mass is 9.98. The molecule has 0 spiro atoms. The van der Waals surface area contributed by atoms with Gasteiger partial charge in [0.2, 0.25) is 0 Å². The second-order valence-corrected chi connectivity index (χ2v) is 5.85. The quantitative estimate of drug-likeness (QED) is 0.749. The molecule has 0 aliphatic carbocycles. The molecule has 0 aromatic heterocycles. The summed E-state index contributed by atoms with van der Waals surface area (Å²) in [5.74, 6) is 0. The van der Waals surface area contributed by atoms with Gasteiger partial charge >= 0.3 is 0 Å². The van der Waals surface area contributed by atoms with Gasteiger partial charge in [0, 0.05) is 31.4 Å². The fourth-order valence-electron chi connectivity index (χ4n) is 3.45. The molecule has 18 heavy (non-hydrogen) atoms. The van der Waals surface area contributed by atoms with Crippen molar-refractivity contribution < 1.29 is 0 Å². The van der Waals surface area contributed by atoms with Gasteiger partial charge in [-0.3, -0.25) is 4.90 Å². The fourth-order valence-corrected chi connectivity index (χ4v) is 3.45. The minimum Gasteiger partial charge on any atom is -0.368 e. The zero-order chi connectivity index (χ0) is 12.5. The van der Waals surface area contributed by atoms with Crippen molar-refractivity contribution in [2.75, 3.05) is 31.1 Å². The lowest BCUT2D eigenvalue weighted by molar-refractivity contribution is 0.133. The molecule has 2 fully saturated rings. The third-order valence-corrected chi connectivity index (χ3v) is 4.75. The summed E-state index contributed by atoms with van der Waals surface area (Å²) in [4.78, 5) is 5.31. The van der Waals surface area contributed by atoms with Crippen LogP contribution >= 0.6 is 0 Å². The van der Waals surface area contributed by atoms with Gasteiger partial charge in [0.1, 0.15) is 0 Å². The van der Waals surface area contributed by atoms with Gasteiger partial charge in [-0.1, -0.05) is 18.6 Å². The number of fused-ring (bicyclic) bond motifs is 1. The fraction of sp³-hybridized carbons (Fsp3) is 0.625. The predicted molar refractivity (Wildman–Crippen MR) is 77.3 cm³/mol. The lowest BCUT2D eigenvalue weighted by Gasteiger charge is -2.45. The zero-order valence-electron chi connectivity index (χ0n) is 11.7. The van der Waals surface area contributed by atoms with Crippen LogP contribution in [0.25, 0.3) is 0 Å². The second kappa shape index (κ2) is 4.93. The Balaban J connectivity index is 1.79. The first-order valence-corrected chi connectivity index (χ1v) is 7.31. The molecule has 1 aromatic rings. The molecule has 2 aliphatic rings. The van der Waals surface area contributed by atoms with Crippen LogP contribution in [-0.2, 0) is 0 Å². The maximum Gasteiger partial charge on any atom is 0.0399 e. The summed E-state index contributed by atoms with van der Waals surface area (Å²) in [5, 5.41) is 0. The predicted octanol–water partition coefficient (Wildman–Crippen LogP) is 2.98. The van der Waals surface area contributed by atoms with E-state index in [1.54, 1.807) is 0 Å². The Labute approximate surface area is 111 Å². The Kier molecular flexibility index (Phi) is 3.29. The molecule has 2 heterocycles. The molecule has 3 rings (SSSR count). The molecule has 98 valence electrons. The SMILES string of the molecule is Cc1cccc(N2CCN3CCCCC3C2)c1C. The van der Waals surface area contributed by atoms with Crippen molar-refractivity contribution in [1.29, 1.82) is 0 Å². The highest BCUT2D eigenvalue weighted by atomic mass is 15.3. The average molecular weight is 244 g/mol. The van der Waals surface area contributed by atoms with E-state index in [4.69, 9.17) is 0 Å². The summed E-state index contributed by atoms with van der Waals surface area (Å²) in [6.45, 7) is 9.47.